The second-order valence-corrected chi connectivity index (χ2v) is 12.3. The highest BCUT2D eigenvalue weighted by Crippen LogP contribution is 2.43. The highest BCUT2D eigenvalue weighted by molar-refractivity contribution is 6.24. The van der Waals surface area contributed by atoms with Crippen molar-refractivity contribution in [3.05, 3.63) is 157 Å². The van der Waals surface area contributed by atoms with E-state index in [0.29, 0.717) is 16.8 Å². The van der Waals surface area contributed by atoms with E-state index in [1.165, 1.54) is 0 Å². The molecule has 3 aromatic heterocycles. The van der Waals surface area contributed by atoms with Crippen molar-refractivity contribution in [1.29, 1.82) is 10.5 Å². The van der Waals surface area contributed by atoms with Gasteiger partial charge in [0.15, 0.2) is 0 Å². The maximum absolute atomic E-state index is 10.6. The van der Waals surface area contributed by atoms with Crippen molar-refractivity contribution in [3.8, 4) is 34.6 Å². The predicted octanol–water partition coefficient (Wildman–Crippen LogP) is 11.2. The van der Waals surface area contributed by atoms with Crippen LogP contribution in [0.15, 0.2) is 150 Å². The molecule has 0 radical (unpaired) electrons. The van der Waals surface area contributed by atoms with Crippen LogP contribution in [-0.4, -0.2) is 9.13 Å². The summed E-state index contributed by atoms with van der Waals surface area (Å²) >= 11 is 0. The van der Waals surface area contributed by atoms with Crippen LogP contribution < -0.4 is 0 Å². The lowest BCUT2D eigenvalue weighted by molar-refractivity contribution is 0.673. The van der Waals surface area contributed by atoms with Gasteiger partial charge in [-0.05, 0) is 65.7 Å². The van der Waals surface area contributed by atoms with E-state index in [4.69, 9.17) is 4.42 Å². The zero-order chi connectivity index (χ0) is 32.6. The van der Waals surface area contributed by atoms with Crippen molar-refractivity contribution >= 4 is 65.6 Å². The van der Waals surface area contributed by atoms with Gasteiger partial charge in [-0.25, -0.2) is 0 Å². The fraction of sp³-hybridized carbons (Fsp3) is 0. The Kier molecular flexibility index (Phi) is 5.64. The minimum atomic E-state index is 0.414. The minimum Gasteiger partial charge on any atom is -0.455 e. The molecule has 0 fully saturated rings. The largest absolute Gasteiger partial charge is 0.455 e. The predicted molar refractivity (Wildman–Crippen MR) is 197 cm³/mol. The fourth-order valence-corrected chi connectivity index (χ4v) is 7.66. The van der Waals surface area contributed by atoms with E-state index in [9.17, 15) is 10.5 Å². The maximum Gasteiger partial charge on any atom is 0.145 e. The van der Waals surface area contributed by atoms with E-state index < -0.39 is 0 Å². The number of hydrogen-bond donors (Lipinski definition) is 0. The molecule has 49 heavy (non-hydrogen) atoms. The molecule has 3 heterocycles. The van der Waals surface area contributed by atoms with E-state index >= 15 is 0 Å². The summed E-state index contributed by atoms with van der Waals surface area (Å²) in [4.78, 5) is 0. The summed E-state index contributed by atoms with van der Waals surface area (Å²) in [7, 11) is 0. The Labute approximate surface area is 280 Å². The second-order valence-electron chi connectivity index (χ2n) is 12.3. The molecular weight excluding hydrogens is 601 g/mol. The molecule has 0 saturated carbocycles. The zero-order valence-electron chi connectivity index (χ0n) is 26.1. The molecule has 0 N–H and O–H groups in total. The second kappa shape index (κ2) is 10.2. The normalized spacial score (nSPS) is 11.6. The average Bonchev–Trinajstić information content (AvgIpc) is 3.82. The Morgan fingerprint density at radius 2 is 1.00 bits per heavy atom. The number of furan rings is 1. The number of nitriles is 2. The number of aromatic nitrogens is 2. The van der Waals surface area contributed by atoms with Crippen LogP contribution in [0, 0.1) is 22.7 Å². The van der Waals surface area contributed by atoms with E-state index in [-0.39, 0.29) is 0 Å². The van der Waals surface area contributed by atoms with Gasteiger partial charge in [0.2, 0.25) is 0 Å². The zero-order valence-corrected chi connectivity index (χ0v) is 26.1. The first kappa shape index (κ1) is 27.1. The summed E-state index contributed by atoms with van der Waals surface area (Å²) in [5.74, 6) is 0. The quantitative estimate of drug-likeness (QED) is 0.196. The van der Waals surface area contributed by atoms with E-state index in [2.05, 4.69) is 94.1 Å². The number of nitrogens with zero attached hydrogens (tertiary/aromatic N) is 4. The molecular formula is C44H24N4O. The SMILES string of the molecule is N#Cc1cc(C#N)c(-n2c3ccc(-c4ccccc4)cc3c3c4oc5ccccc5c4ccc32)cc1-n1c2ccccc2c2ccccc21. The minimum absolute atomic E-state index is 0.414. The van der Waals surface area contributed by atoms with Crippen LogP contribution in [0.25, 0.3) is 88.1 Å². The van der Waals surface area contributed by atoms with Crippen LogP contribution >= 0.6 is 0 Å². The third-order valence-electron chi connectivity index (χ3n) is 9.80. The van der Waals surface area contributed by atoms with Gasteiger partial charge >= 0.3 is 0 Å². The Hall–Kier alpha value is -7.08. The van der Waals surface area contributed by atoms with Crippen LogP contribution in [0.3, 0.4) is 0 Å². The van der Waals surface area contributed by atoms with Crippen molar-refractivity contribution in [2.45, 2.75) is 0 Å². The Morgan fingerprint density at radius 1 is 0.429 bits per heavy atom. The first-order valence-corrected chi connectivity index (χ1v) is 16.1. The van der Waals surface area contributed by atoms with Crippen molar-refractivity contribution in [1.82, 2.24) is 9.13 Å². The summed E-state index contributed by atoms with van der Waals surface area (Å²) in [6.45, 7) is 0. The standard InChI is InChI=1S/C44H24N4O/c45-25-29-22-30(26-46)41(24-40(29)47-36-15-7-4-12-31(36)32-13-5-8-16-37(32)47)48-38-20-18-28(27-10-2-1-3-11-27)23-35(38)43-39(48)21-19-34-33-14-6-9-17-42(33)49-44(34)43/h1-24H. The highest BCUT2D eigenvalue weighted by Gasteiger charge is 2.23. The lowest BCUT2D eigenvalue weighted by Crippen LogP contribution is -2.04. The van der Waals surface area contributed by atoms with E-state index in [1.54, 1.807) is 6.07 Å². The molecule has 10 aromatic rings. The average molecular weight is 625 g/mol. The van der Waals surface area contributed by atoms with Crippen LogP contribution in [0.2, 0.25) is 0 Å². The molecule has 5 heteroatoms. The molecule has 226 valence electrons. The van der Waals surface area contributed by atoms with E-state index in [1.807, 2.05) is 66.7 Å². The van der Waals surface area contributed by atoms with Gasteiger partial charge < -0.3 is 13.6 Å². The lowest BCUT2D eigenvalue weighted by Gasteiger charge is -2.16. The monoisotopic (exact) mass is 624 g/mol. The molecule has 0 atom stereocenters. The first-order valence-electron chi connectivity index (χ1n) is 16.1. The molecule has 10 rings (SSSR count). The highest BCUT2D eigenvalue weighted by atomic mass is 16.3. The number of hydrogen-bond acceptors (Lipinski definition) is 3. The first-order chi connectivity index (χ1) is 24.2. The topological polar surface area (TPSA) is 70.6 Å². The summed E-state index contributed by atoms with van der Waals surface area (Å²) in [5.41, 5.74) is 9.95. The molecule has 0 unspecified atom stereocenters. The van der Waals surface area contributed by atoms with Crippen molar-refractivity contribution < 1.29 is 4.42 Å². The van der Waals surface area contributed by atoms with Crippen LogP contribution in [-0.2, 0) is 0 Å². The van der Waals surface area contributed by atoms with E-state index in [0.717, 1.165) is 82.4 Å². The number of rotatable bonds is 3. The van der Waals surface area contributed by atoms with Gasteiger partial charge in [-0.15, -0.1) is 0 Å². The number of fused-ring (bicyclic) bond motifs is 10. The van der Waals surface area contributed by atoms with Gasteiger partial charge in [0, 0.05) is 26.9 Å². The van der Waals surface area contributed by atoms with Gasteiger partial charge in [0.05, 0.1) is 50.0 Å². The Bertz CT molecular complexity index is 3020. The Morgan fingerprint density at radius 3 is 1.69 bits per heavy atom. The van der Waals surface area contributed by atoms with Crippen LogP contribution in [0.5, 0.6) is 0 Å². The van der Waals surface area contributed by atoms with Crippen LogP contribution in [0.1, 0.15) is 11.1 Å². The Balaban J connectivity index is 1.35. The fourth-order valence-electron chi connectivity index (χ4n) is 7.66. The van der Waals surface area contributed by atoms with Gasteiger partial charge in [-0.1, -0.05) is 91.0 Å². The summed E-state index contributed by atoms with van der Waals surface area (Å²) in [5, 5.41) is 27.4. The van der Waals surface area contributed by atoms with Gasteiger partial charge in [-0.2, -0.15) is 10.5 Å². The number of para-hydroxylation sites is 3. The molecule has 0 aliphatic heterocycles. The van der Waals surface area contributed by atoms with Crippen LogP contribution in [0.4, 0.5) is 0 Å². The number of benzene rings is 7. The van der Waals surface area contributed by atoms with Gasteiger partial charge in [0.1, 0.15) is 23.3 Å². The maximum atomic E-state index is 10.6. The molecule has 0 aliphatic rings. The van der Waals surface area contributed by atoms with Gasteiger partial charge in [0.25, 0.3) is 0 Å². The third kappa shape index (κ3) is 3.79. The molecule has 5 nitrogen and oxygen atoms in total. The smallest absolute Gasteiger partial charge is 0.145 e. The molecule has 0 saturated heterocycles. The molecule has 0 amide bonds. The summed E-state index contributed by atoms with van der Waals surface area (Å²) in [6, 6.07) is 54.2. The summed E-state index contributed by atoms with van der Waals surface area (Å²) in [6.07, 6.45) is 0. The van der Waals surface area contributed by atoms with Crippen molar-refractivity contribution in [3.63, 3.8) is 0 Å². The molecule has 0 bridgehead atoms. The molecule has 0 aliphatic carbocycles. The third-order valence-corrected chi connectivity index (χ3v) is 9.80. The molecule has 7 aromatic carbocycles. The summed E-state index contributed by atoms with van der Waals surface area (Å²) < 4.78 is 10.9. The van der Waals surface area contributed by atoms with Crippen molar-refractivity contribution in [2.75, 3.05) is 0 Å². The van der Waals surface area contributed by atoms with Crippen molar-refractivity contribution in [2.24, 2.45) is 0 Å². The lowest BCUT2D eigenvalue weighted by atomic mass is 10.0. The molecule has 0 spiro atoms. The van der Waals surface area contributed by atoms with Gasteiger partial charge in [-0.3, -0.25) is 0 Å².